The highest BCUT2D eigenvalue weighted by molar-refractivity contribution is 7.90. The molecule has 0 radical (unpaired) electrons. The quantitative estimate of drug-likeness (QED) is 0.632. The van der Waals surface area contributed by atoms with Gasteiger partial charge in [-0.1, -0.05) is 0 Å². The molecule has 0 aliphatic heterocycles. The van der Waals surface area contributed by atoms with Gasteiger partial charge in [0, 0.05) is 13.7 Å². The van der Waals surface area contributed by atoms with E-state index >= 15 is 0 Å². The second kappa shape index (κ2) is 6.45. The number of benzene rings is 1. The van der Waals surface area contributed by atoms with E-state index in [1.807, 2.05) is 4.72 Å². The predicted molar refractivity (Wildman–Crippen MR) is 65.8 cm³/mol. The molecule has 0 saturated carbocycles. The highest BCUT2D eigenvalue weighted by atomic mass is 32.2. The molecular formula is C10H13FN2O5S. The van der Waals surface area contributed by atoms with Gasteiger partial charge < -0.3 is 9.84 Å². The number of halogens is 1. The highest BCUT2D eigenvalue weighted by Crippen LogP contribution is 2.18. The number of nitrogens with one attached hydrogen (secondary N) is 2. The Hall–Kier alpha value is -1.71. The summed E-state index contributed by atoms with van der Waals surface area (Å²) in [5.41, 5.74) is -0.698. The maximum absolute atomic E-state index is 13.0. The summed E-state index contributed by atoms with van der Waals surface area (Å²) in [7, 11) is -2.59. The summed E-state index contributed by atoms with van der Waals surface area (Å²) in [5.74, 6) is -2.12. The van der Waals surface area contributed by atoms with Crippen molar-refractivity contribution in [1.29, 1.82) is 0 Å². The molecule has 9 heteroatoms. The van der Waals surface area contributed by atoms with Crippen LogP contribution in [-0.2, 0) is 14.9 Å². The fraction of sp³-hybridized carbons (Fsp3) is 0.300. The average molecular weight is 292 g/mol. The Bertz CT molecular complexity index is 561. The van der Waals surface area contributed by atoms with Gasteiger partial charge in [-0.3, -0.25) is 4.72 Å². The summed E-state index contributed by atoms with van der Waals surface area (Å²) in [6.07, 6.45) is 0. The summed E-state index contributed by atoms with van der Waals surface area (Å²) in [6, 6.07) is 2.70. The van der Waals surface area contributed by atoms with Gasteiger partial charge in [0.2, 0.25) is 0 Å². The van der Waals surface area contributed by atoms with E-state index in [2.05, 4.69) is 9.46 Å². The zero-order valence-electron chi connectivity index (χ0n) is 10.0. The molecule has 19 heavy (non-hydrogen) atoms. The Balaban J connectivity index is 2.92. The summed E-state index contributed by atoms with van der Waals surface area (Å²) >= 11 is 0. The van der Waals surface area contributed by atoms with Crippen LogP contribution in [0.4, 0.5) is 10.1 Å². The van der Waals surface area contributed by atoms with Gasteiger partial charge in [0.05, 0.1) is 17.9 Å². The van der Waals surface area contributed by atoms with E-state index in [0.29, 0.717) is 0 Å². The first kappa shape index (κ1) is 15.3. The lowest BCUT2D eigenvalue weighted by Crippen LogP contribution is -2.33. The van der Waals surface area contributed by atoms with E-state index in [1.54, 1.807) is 0 Å². The third-order valence-corrected chi connectivity index (χ3v) is 3.13. The highest BCUT2D eigenvalue weighted by Gasteiger charge is 2.16. The molecule has 0 aromatic heterocycles. The summed E-state index contributed by atoms with van der Waals surface area (Å²) < 4.78 is 44.9. The van der Waals surface area contributed by atoms with Gasteiger partial charge in [0.25, 0.3) is 10.2 Å². The number of aromatic carboxylic acids is 1. The molecule has 1 aromatic carbocycles. The molecule has 1 aromatic rings. The van der Waals surface area contributed by atoms with Crippen molar-refractivity contribution in [3.8, 4) is 0 Å². The van der Waals surface area contributed by atoms with Gasteiger partial charge >= 0.3 is 5.97 Å². The Labute approximate surface area is 109 Å². The number of carboxylic acid groups (broad SMARTS) is 1. The van der Waals surface area contributed by atoms with Crippen LogP contribution < -0.4 is 9.44 Å². The smallest absolute Gasteiger partial charge is 0.337 e. The molecule has 106 valence electrons. The second-order valence-electron chi connectivity index (χ2n) is 3.49. The normalized spacial score (nSPS) is 11.3. The van der Waals surface area contributed by atoms with E-state index < -0.39 is 22.0 Å². The minimum absolute atomic E-state index is 0.00353. The third kappa shape index (κ3) is 4.81. The van der Waals surface area contributed by atoms with Crippen molar-refractivity contribution in [2.75, 3.05) is 25.0 Å². The van der Waals surface area contributed by atoms with E-state index in [4.69, 9.17) is 5.11 Å². The lowest BCUT2D eigenvalue weighted by Gasteiger charge is -2.11. The van der Waals surface area contributed by atoms with Crippen molar-refractivity contribution in [2.45, 2.75) is 0 Å². The summed E-state index contributed by atoms with van der Waals surface area (Å²) in [4.78, 5) is 10.9. The summed E-state index contributed by atoms with van der Waals surface area (Å²) in [6.45, 7) is 0.152. The molecule has 0 spiro atoms. The average Bonchev–Trinajstić information content (AvgIpc) is 2.28. The Kier molecular flexibility index (Phi) is 5.21. The number of anilines is 1. The van der Waals surface area contributed by atoms with Crippen LogP contribution in [0.3, 0.4) is 0 Å². The van der Waals surface area contributed by atoms with Crippen LogP contribution in [0.5, 0.6) is 0 Å². The SMILES string of the molecule is COCCNS(=O)(=O)Nc1cc(F)ccc1C(=O)O. The standard InChI is InChI=1S/C10H13FN2O5S/c1-18-5-4-12-19(16,17)13-9-6-7(11)2-3-8(9)10(14)15/h2-3,6,12-13H,4-5H2,1H3,(H,14,15). The van der Waals surface area contributed by atoms with Crippen LogP contribution in [0, 0.1) is 5.82 Å². The number of rotatable bonds is 7. The van der Waals surface area contributed by atoms with E-state index in [1.165, 1.54) is 7.11 Å². The minimum Gasteiger partial charge on any atom is -0.478 e. The molecular weight excluding hydrogens is 279 g/mol. The number of ether oxygens (including phenoxy) is 1. The summed E-state index contributed by atoms with van der Waals surface area (Å²) in [5, 5.41) is 8.87. The maximum atomic E-state index is 13.0. The zero-order valence-corrected chi connectivity index (χ0v) is 10.8. The lowest BCUT2D eigenvalue weighted by molar-refractivity contribution is 0.0698. The molecule has 0 aliphatic rings. The van der Waals surface area contributed by atoms with E-state index in [-0.39, 0.29) is 24.4 Å². The van der Waals surface area contributed by atoms with Gasteiger partial charge in [-0.05, 0) is 18.2 Å². The Morgan fingerprint density at radius 1 is 1.47 bits per heavy atom. The van der Waals surface area contributed by atoms with Gasteiger partial charge in [0.1, 0.15) is 5.82 Å². The number of methoxy groups -OCH3 is 1. The molecule has 7 nitrogen and oxygen atoms in total. The number of carbonyl (C=O) groups is 1. The fourth-order valence-electron chi connectivity index (χ4n) is 1.25. The van der Waals surface area contributed by atoms with Crippen LogP contribution in [0.1, 0.15) is 10.4 Å². The van der Waals surface area contributed by atoms with E-state index in [9.17, 15) is 17.6 Å². The molecule has 0 bridgehead atoms. The molecule has 0 saturated heterocycles. The van der Waals surface area contributed by atoms with Crippen molar-refractivity contribution in [3.05, 3.63) is 29.6 Å². The van der Waals surface area contributed by atoms with Crippen LogP contribution in [0.15, 0.2) is 18.2 Å². The van der Waals surface area contributed by atoms with Crippen molar-refractivity contribution in [2.24, 2.45) is 0 Å². The van der Waals surface area contributed by atoms with Crippen molar-refractivity contribution in [3.63, 3.8) is 0 Å². The first-order chi connectivity index (χ1) is 8.85. The lowest BCUT2D eigenvalue weighted by atomic mass is 10.2. The van der Waals surface area contributed by atoms with Gasteiger partial charge in [-0.25, -0.2) is 9.18 Å². The minimum atomic E-state index is -3.99. The Morgan fingerprint density at radius 3 is 2.74 bits per heavy atom. The molecule has 0 unspecified atom stereocenters. The Morgan fingerprint density at radius 2 is 2.16 bits per heavy atom. The molecule has 3 N–H and O–H groups in total. The van der Waals surface area contributed by atoms with Crippen molar-refractivity contribution >= 4 is 21.9 Å². The van der Waals surface area contributed by atoms with Gasteiger partial charge in [-0.2, -0.15) is 13.1 Å². The molecule has 1 rings (SSSR count). The van der Waals surface area contributed by atoms with Crippen LogP contribution in [-0.4, -0.2) is 39.8 Å². The molecule has 0 heterocycles. The van der Waals surface area contributed by atoms with Crippen LogP contribution >= 0.6 is 0 Å². The first-order valence-corrected chi connectivity index (χ1v) is 6.63. The van der Waals surface area contributed by atoms with Crippen LogP contribution in [0.2, 0.25) is 0 Å². The second-order valence-corrected chi connectivity index (χ2v) is 4.99. The topological polar surface area (TPSA) is 105 Å². The molecule has 0 amide bonds. The molecule has 0 fully saturated rings. The third-order valence-electron chi connectivity index (χ3n) is 2.05. The molecule has 0 aliphatic carbocycles. The predicted octanol–water partition coefficient (Wildman–Crippen LogP) is 0.417. The maximum Gasteiger partial charge on any atom is 0.337 e. The fourth-order valence-corrected chi connectivity index (χ4v) is 2.13. The first-order valence-electron chi connectivity index (χ1n) is 5.15. The largest absolute Gasteiger partial charge is 0.478 e. The van der Waals surface area contributed by atoms with Crippen molar-refractivity contribution in [1.82, 2.24) is 4.72 Å². The zero-order chi connectivity index (χ0) is 14.5. The number of carboxylic acids is 1. The van der Waals surface area contributed by atoms with E-state index in [0.717, 1.165) is 18.2 Å². The monoisotopic (exact) mass is 292 g/mol. The number of hydrogen-bond donors (Lipinski definition) is 3. The van der Waals surface area contributed by atoms with Crippen molar-refractivity contribution < 1.29 is 27.4 Å². The molecule has 0 atom stereocenters. The van der Waals surface area contributed by atoms with Crippen LogP contribution in [0.25, 0.3) is 0 Å². The number of hydrogen-bond acceptors (Lipinski definition) is 4. The van der Waals surface area contributed by atoms with Gasteiger partial charge in [-0.15, -0.1) is 0 Å². The van der Waals surface area contributed by atoms with Gasteiger partial charge in [0.15, 0.2) is 0 Å².